The summed E-state index contributed by atoms with van der Waals surface area (Å²) in [5.74, 6) is 0.790. The summed E-state index contributed by atoms with van der Waals surface area (Å²) >= 11 is 5.73. The van der Waals surface area contributed by atoms with Crippen molar-refractivity contribution in [2.24, 2.45) is 0 Å². The third-order valence-electron chi connectivity index (χ3n) is 2.21. The standard InChI is InChI=1S/C12H11ClN4O3/c1-7-14-10(13)17-11(15-7)20-9-6-4-3-5-8(9)16-12(18)19-2/h3-6H,1-2H3,(H,16,18). The van der Waals surface area contributed by atoms with Crippen molar-refractivity contribution in [3.05, 3.63) is 35.4 Å². The molecule has 0 bridgehead atoms. The van der Waals surface area contributed by atoms with Crippen molar-refractivity contribution in [3.63, 3.8) is 0 Å². The number of carbonyl (C=O) groups excluding carboxylic acids is 1. The molecule has 0 fully saturated rings. The highest BCUT2D eigenvalue weighted by Crippen LogP contribution is 2.27. The fourth-order valence-electron chi connectivity index (χ4n) is 1.39. The molecular formula is C12H11ClN4O3. The lowest BCUT2D eigenvalue weighted by atomic mass is 10.3. The molecule has 1 N–H and O–H groups in total. The molecule has 0 atom stereocenters. The predicted molar refractivity (Wildman–Crippen MR) is 72.1 cm³/mol. The van der Waals surface area contributed by atoms with E-state index in [9.17, 15) is 4.79 Å². The monoisotopic (exact) mass is 294 g/mol. The molecule has 0 aliphatic carbocycles. The van der Waals surface area contributed by atoms with Gasteiger partial charge in [-0.05, 0) is 30.7 Å². The van der Waals surface area contributed by atoms with E-state index < -0.39 is 6.09 Å². The second-order valence-electron chi connectivity index (χ2n) is 3.65. The Morgan fingerprint density at radius 3 is 2.70 bits per heavy atom. The maximum absolute atomic E-state index is 11.2. The van der Waals surface area contributed by atoms with Crippen LogP contribution in [0.1, 0.15) is 5.82 Å². The Kier molecular flexibility index (Phi) is 4.31. The zero-order valence-electron chi connectivity index (χ0n) is 10.8. The molecule has 0 spiro atoms. The lowest BCUT2D eigenvalue weighted by molar-refractivity contribution is 0.187. The Bertz CT molecular complexity index is 616. The smallest absolute Gasteiger partial charge is 0.411 e. The van der Waals surface area contributed by atoms with Gasteiger partial charge in [-0.25, -0.2) is 9.78 Å². The third kappa shape index (κ3) is 3.55. The summed E-state index contributed by atoms with van der Waals surface area (Å²) in [5, 5.41) is 2.55. The number of hydrogen-bond donors (Lipinski definition) is 1. The Morgan fingerprint density at radius 1 is 1.25 bits per heavy atom. The molecule has 0 unspecified atom stereocenters. The summed E-state index contributed by atoms with van der Waals surface area (Å²) in [6.07, 6.45) is -0.606. The number of nitrogens with one attached hydrogen (secondary N) is 1. The first-order chi connectivity index (χ1) is 9.58. The van der Waals surface area contributed by atoms with Gasteiger partial charge in [-0.2, -0.15) is 9.97 Å². The van der Waals surface area contributed by atoms with Gasteiger partial charge >= 0.3 is 12.1 Å². The fourth-order valence-corrected chi connectivity index (χ4v) is 1.58. The minimum atomic E-state index is -0.606. The minimum absolute atomic E-state index is 0.0332. The van der Waals surface area contributed by atoms with Gasteiger partial charge in [-0.15, -0.1) is 0 Å². The van der Waals surface area contributed by atoms with E-state index in [1.165, 1.54) is 7.11 Å². The molecule has 0 saturated carbocycles. The first-order valence-electron chi connectivity index (χ1n) is 5.58. The van der Waals surface area contributed by atoms with Crippen molar-refractivity contribution in [3.8, 4) is 11.8 Å². The van der Waals surface area contributed by atoms with Crippen molar-refractivity contribution < 1.29 is 14.3 Å². The number of para-hydroxylation sites is 2. The van der Waals surface area contributed by atoms with Gasteiger partial charge in [-0.3, -0.25) is 5.32 Å². The van der Waals surface area contributed by atoms with Gasteiger partial charge in [-0.1, -0.05) is 12.1 Å². The quantitative estimate of drug-likeness (QED) is 0.936. The zero-order chi connectivity index (χ0) is 14.5. The van der Waals surface area contributed by atoms with E-state index in [4.69, 9.17) is 16.3 Å². The van der Waals surface area contributed by atoms with Crippen LogP contribution in [-0.2, 0) is 4.74 Å². The molecule has 1 aromatic heterocycles. The number of amides is 1. The highest BCUT2D eigenvalue weighted by atomic mass is 35.5. The summed E-state index contributed by atoms with van der Waals surface area (Å²) in [6.45, 7) is 1.67. The molecule has 1 aromatic carbocycles. The van der Waals surface area contributed by atoms with Gasteiger partial charge < -0.3 is 9.47 Å². The van der Waals surface area contributed by atoms with Crippen LogP contribution < -0.4 is 10.1 Å². The molecule has 0 aliphatic rings. The van der Waals surface area contributed by atoms with Gasteiger partial charge in [0.25, 0.3) is 0 Å². The number of nitrogens with zero attached hydrogens (tertiary/aromatic N) is 3. The molecule has 1 heterocycles. The molecule has 7 nitrogen and oxygen atoms in total. The van der Waals surface area contributed by atoms with Crippen molar-refractivity contribution in [1.82, 2.24) is 15.0 Å². The number of halogens is 1. The van der Waals surface area contributed by atoms with Crippen LogP contribution in [0.4, 0.5) is 10.5 Å². The van der Waals surface area contributed by atoms with E-state index in [1.807, 2.05) is 0 Å². The lowest BCUT2D eigenvalue weighted by Crippen LogP contribution is -2.11. The van der Waals surface area contributed by atoms with Gasteiger partial charge in [0.15, 0.2) is 5.75 Å². The topological polar surface area (TPSA) is 86.2 Å². The van der Waals surface area contributed by atoms with Crippen LogP contribution in [0.3, 0.4) is 0 Å². The van der Waals surface area contributed by atoms with E-state index in [-0.39, 0.29) is 11.3 Å². The second kappa shape index (κ2) is 6.16. The number of aromatic nitrogens is 3. The average Bonchev–Trinajstić information content (AvgIpc) is 2.39. The van der Waals surface area contributed by atoms with Crippen LogP contribution in [-0.4, -0.2) is 28.2 Å². The molecule has 0 saturated heterocycles. The molecule has 2 rings (SSSR count). The molecule has 0 aliphatic heterocycles. The van der Waals surface area contributed by atoms with Crippen molar-refractivity contribution >= 4 is 23.4 Å². The number of benzene rings is 1. The van der Waals surface area contributed by atoms with E-state index in [0.717, 1.165) is 0 Å². The number of rotatable bonds is 3. The predicted octanol–water partition coefficient (Wildman–Crippen LogP) is 2.80. The van der Waals surface area contributed by atoms with E-state index >= 15 is 0 Å². The highest BCUT2D eigenvalue weighted by Gasteiger charge is 2.10. The van der Waals surface area contributed by atoms with Crippen LogP contribution >= 0.6 is 11.6 Å². The lowest BCUT2D eigenvalue weighted by Gasteiger charge is -2.10. The Balaban J connectivity index is 2.26. The van der Waals surface area contributed by atoms with Crippen LogP contribution in [0.5, 0.6) is 11.8 Å². The summed E-state index contributed by atoms with van der Waals surface area (Å²) in [4.78, 5) is 22.9. The maximum Gasteiger partial charge on any atom is 0.411 e. The first kappa shape index (κ1) is 14.0. The summed E-state index contributed by atoms with van der Waals surface area (Å²) in [7, 11) is 1.27. The Morgan fingerprint density at radius 2 is 2.00 bits per heavy atom. The second-order valence-corrected chi connectivity index (χ2v) is 3.99. The summed E-state index contributed by atoms with van der Waals surface area (Å²) < 4.78 is 10.0. The Labute approximate surface area is 119 Å². The summed E-state index contributed by atoms with van der Waals surface area (Å²) in [6, 6.07) is 6.83. The van der Waals surface area contributed by atoms with Gasteiger partial charge in [0, 0.05) is 0 Å². The molecule has 20 heavy (non-hydrogen) atoms. The van der Waals surface area contributed by atoms with Gasteiger partial charge in [0.1, 0.15) is 5.82 Å². The first-order valence-corrected chi connectivity index (χ1v) is 5.96. The van der Waals surface area contributed by atoms with Gasteiger partial charge in [0.2, 0.25) is 5.28 Å². The van der Waals surface area contributed by atoms with Gasteiger partial charge in [0.05, 0.1) is 12.8 Å². The molecular weight excluding hydrogens is 284 g/mol. The Hall–Kier alpha value is -2.41. The van der Waals surface area contributed by atoms with E-state index in [1.54, 1.807) is 31.2 Å². The van der Waals surface area contributed by atoms with Crippen molar-refractivity contribution in [2.75, 3.05) is 12.4 Å². The SMILES string of the molecule is COC(=O)Nc1ccccc1Oc1nc(C)nc(Cl)n1. The van der Waals surface area contributed by atoms with Crippen LogP contribution in [0.2, 0.25) is 5.28 Å². The molecule has 0 radical (unpaired) electrons. The minimum Gasteiger partial charge on any atom is -0.453 e. The largest absolute Gasteiger partial charge is 0.453 e. The molecule has 8 heteroatoms. The molecule has 104 valence electrons. The van der Waals surface area contributed by atoms with E-state index in [0.29, 0.717) is 17.3 Å². The maximum atomic E-state index is 11.2. The number of ether oxygens (including phenoxy) is 2. The number of aryl methyl sites for hydroxylation is 1. The van der Waals surface area contributed by atoms with Crippen LogP contribution in [0.25, 0.3) is 0 Å². The van der Waals surface area contributed by atoms with Crippen molar-refractivity contribution in [2.45, 2.75) is 6.92 Å². The number of hydrogen-bond acceptors (Lipinski definition) is 6. The average molecular weight is 295 g/mol. The summed E-state index contributed by atoms with van der Waals surface area (Å²) in [5.41, 5.74) is 0.425. The van der Waals surface area contributed by atoms with Crippen LogP contribution in [0.15, 0.2) is 24.3 Å². The normalized spacial score (nSPS) is 9.95. The number of anilines is 1. The zero-order valence-corrected chi connectivity index (χ0v) is 11.5. The van der Waals surface area contributed by atoms with Crippen molar-refractivity contribution in [1.29, 1.82) is 0 Å². The highest BCUT2D eigenvalue weighted by molar-refractivity contribution is 6.28. The number of methoxy groups -OCH3 is 1. The van der Waals surface area contributed by atoms with Crippen LogP contribution in [0, 0.1) is 6.92 Å². The molecule has 1 amide bonds. The van der Waals surface area contributed by atoms with E-state index in [2.05, 4.69) is 25.0 Å². The number of carbonyl (C=O) groups is 1. The third-order valence-corrected chi connectivity index (χ3v) is 2.38. The fraction of sp³-hybridized carbons (Fsp3) is 0.167. The molecule has 2 aromatic rings.